The minimum atomic E-state index is -0.514. The molecule has 0 saturated carbocycles. The van der Waals surface area contributed by atoms with Gasteiger partial charge in [-0.05, 0) is 61.2 Å². The van der Waals surface area contributed by atoms with Crippen LogP contribution in [0.4, 0.5) is 4.39 Å². The number of fused-ring (bicyclic) bond motifs is 1. The molecule has 0 spiro atoms. The van der Waals surface area contributed by atoms with Gasteiger partial charge in [0, 0.05) is 29.8 Å². The van der Waals surface area contributed by atoms with E-state index in [1.165, 1.54) is 6.20 Å². The summed E-state index contributed by atoms with van der Waals surface area (Å²) in [6, 6.07) is 16.8. The van der Waals surface area contributed by atoms with Crippen LogP contribution in [0.3, 0.4) is 0 Å². The van der Waals surface area contributed by atoms with E-state index in [0.29, 0.717) is 29.1 Å². The van der Waals surface area contributed by atoms with Crippen molar-refractivity contribution in [3.63, 3.8) is 0 Å². The molecule has 0 radical (unpaired) electrons. The van der Waals surface area contributed by atoms with Crippen molar-refractivity contribution >= 4 is 10.9 Å². The highest BCUT2D eigenvalue weighted by Crippen LogP contribution is 2.35. The van der Waals surface area contributed by atoms with Crippen LogP contribution in [0.2, 0.25) is 0 Å². The number of hydrogen-bond acceptors (Lipinski definition) is 6. The minimum absolute atomic E-state index is 0.158. The molecule has 176 valence electrons. The van der Waals surface area contributed by atoms with Gasteiger partial charge in [0.05, 0.1) is 24.5 Å². The van der Waals surface area contributed by atoms with Crippen LogP contribution >= 0.6 is 0 Å². The maximum Gasteiger partial charge on any atom is 0.220 e. The lowest BCUT2D eigenvalue weighted by atomic mass is 10.0. The molecule has 1 aliphatic rings. The Kier molecular flexibility index (Phi) is 5.46. The monoisotopic (exact) mass is 470 g/mol. The third kappa shape index (κ3) is 3.93. The second-order valence-electron chi connectivity index (χ2n) is 8.44. The van der Waals surface area contributed by atoms with Gasteiger partial charge in [-0.2, -0.15) is 9.49 Å². The van der Waals surface area contributed by atoms with E-state index >= 15 is 0 Å². The second kappa shape index (κ2) is 8.92. The van der Waals surface area contributed by atoms with Crippen molar-refractivity contribution in [2.24, 2.45) is 0 Å². The molecule has 1 aliphatic heterocycles. The molecule has 6 rings (SSSR count). The van der Waals surface area contributed by atoms with E-state index in [2.05, 4.69) is 15.3 Å². The summed E-state index contributed by atoms with van der Waals surface area (Å²) in [4.78, 5) is 3.80. The number of benzene rings is 2. The molecule has 2 aromatic carbocycles. The van der Waals surface area contributed by atoms with Gasteiger partial charge in [-0.25, -0.2) is 14.3 Å². The quantitative estimate of drug-likeness (QED) is 0.329. The van der Waals surface area contributed by atoms with Crippen LogP contribution in [-0.4, -0.2) is 43.5 Å². The molecule has 4 heterocycles. The molecule has 3 aromatic heterocycles. The predicted octanol–water partition coefficient (Wildman–Crippen LogP) is 5.19. The minimum Gasteiger partial charge on any atom is -0.497 e. The molecule has 0 bridgehead atoms. The highest BCUT2D eigenvalue weighted by atomic mass is 19.1. The van der Waals surface area contributed by atoms with Crippen molar-refractivity contribution in [3.8, 4) is 34.0 Å². The molecule has 8 nitrogen and oxygen atoms in total. The summed E-state index contributed by atoms with van der Waals surface area (Å²) in [6.45, 7) is 0.701. The van der Waals surface area contributed by atoms with Crippen molar-refractivity contribution < 1.29 is 13.9 Å². The second-order valence-corrected chi connectivity index (χ2v) is 8.44. The predicted molar refractivity (Wildman–Crippen MR) is 129 cm³/mol. The fourth-order valence-electron chi connectivity index (χ4n) is 4.49. The first-order chi connectivity index (χ1) is 17.2. The number of nitrogens with zero attached hydrogens (tertiary/aromatic N) is 6. The number of pyridine rings is 1. The Morgan fingerprint density at radius 2 is 2.03 bits per heavy atom. The fourth-order valence-corrected chi connectivity index (χ4v) is 4.49. The number of methoxy groups -OCH3 is 1. The Labute approximate surface area is 200 Å². The summed E-state index contributed by atoms with van der Waals surface area (Å²) >= 11 is 0. The number of rotatable bonds is 5. The third-order valence-electron chi connectivity index (χ3n) is 6.26. The molecule has 1 saturated heterocycles. The van der Waals surface area contributed by atoms with Crippen molar-refractivity contribution in [1.82, 2.24) is 29.8 Å². The van der Waals surface area contributed by atoms with Crippen molar-refractivity contribution in [2.45, 2.75) is 25.5 Å². The Morgan fingerprint density at radius 1 is 1.09 bits per heavy atom. The van der Waals surface area contributed by atoms with Gasteiger partial charge >= 0.3 is 0 Å². The first-order valence-corrected chi connectivity index (χ1v) is 11.5. The fraction of sp³-hybridized carbons (Fsp3) is 0.231. The van der Waals surface area contributed by atoms with Crippen LogP contribution in [-0.2, 0) is 4.74 Å². The van der Waals surface area contributed by atoms with Crippen LogP contribution in [0, 0.1) is 5.95 Å². The average Bonchev–Trinajstić information content (AvgIpc) is 3.54. The number of hydrogen-bond donors (Lipinski definition) is 0. The summed E-state index contributed by atoms with van der Waals surface area (Å²) in [6.07, 6.45) is 6.12. The Morgan fingerprint density at radius 3 is 2.86 bits per heavy atom. The lowest BCUT2D eigenvalue weighted by Crippen LogP contribution is -2.19. The number of ether oxygens (including phenoxy) is 2. The standard InChI is InChI=1S/C26H23FN6O2/c1-34-19-7-4-6-18(15-19)32-16-22(29-31-32)25-21-14-17(20-8-5-12-28-26(20)27)10-11-23(21)33(30-25)24-9-2-3-13-35-24/h4-8,10-12,14-16,24H,2-3,9,13H2,1H3. The van der Waals surface area contributed by atoms with E-state index in [1.54, 1.807) is 23.9 Å². The Balaban J connectivity index is 1.49. The zero-order chi connectivity index (χ0) is 23.8. The average molecular weight is 471 g/mol. The molecule has 35 heavy (non-hydrogen) atoms. The summed E-state index contributed by atoms with van der Waals surface area (Å²) in [5, 5.41) is 14.5. The molecule has 5 aromatic rings. The van der Waals surface area contributed by atoms with Crippen molar-refractivity contribution in [1.29, 1.82) is 0 Å². The molecule has 1 fully saturated rings. The van der Waals surface area contributed by atoms with E-state index in [0.717, 1.165) is 41.6 Å². The number of aromatic nitrogens is 6. The van der Waals surface area contributed by atoms with Crippen molar-refractivity contribution in [3.05, 3.63) is 72.9 Å². The maximum absolute atomic E-state index is 14.5. The zero-order valence-electron chi connectivity index (χ0n) is 19.1. The smallest absolute Gasteiger partial charge is 0.220 e. The van der Waals surface area contributed by atoms with Crippen molar-refractivity contribution in [2.75, 3.05) is 13.7 Å². The Hall–Kier alpha value is -4.11. The molecule has 0 aliphatic carbocycles. The van der Waals surface area contributed by atoms with Gasteiger partial charge in [-0.1, -0.05) is 17.3 Å². The van der Waals surface area contributed by atoms with Gasteiger partial charge in [0.1, 0.15) is 17.1 Å². The topological polar surface area (TPSA) is 79.9 Å². The van der Waals surface area contributed by atoms with Gasteiger partial charge in [-0.3, -0.25) is 0 Å². The molecular weight excluding hydrogens is 447 g/mol. The first kappa shape index (κ1) is 21.4. The normalized spacial score (nSPS) is 16.0. The molecule has 9 heteroatoms. The zero-order valence-corrected chi connectivity index (χ0v) is 19.1. The van der Waals surface area contributed by atoms with E-state index < -0.39 is 5.95 Å². The van der Waals surface area contributed by atoms with Crippen LogP contribution in [0.15, 0.2) is 67.0 Å². The number of halogens is 1. The van der Waals surface area contributed by atoms with Crippen LogP contribution in [0.25, 0.3) is 39.1 Å². The van der Waals surface area contributed by atoms with Gasteiger partial charge in [0.2, 0.25) is 5.95 Å². The van der Waals surface area contributed by atoms with E-state index in [9.17, 15) is 4.39 Å². The first-order valence-electron chi connectivity index (χ1n) is 11.5. The highest BCUT2D eigenvalue weighted by Gasteiger charge is 2.23. The summed E-state index contributed by atoms with van der Waals surface area (Å²) in [5.74, 6) is 0.215. The lowest BCUT2D eigenvalue weighted by Gasteiger charge is -2.23. The Bertz CT molecular complexity index is 1510. The van der Waals surface area contributed by atoms with Gasteiger partial charge < -0.3 is 9.47 Å². The molecule has 1 unspecified atom stereocenters. The van der Waals surface area contributed by atoms with Gasteiger partial charge in [0.25, 0.3) is 0 Å². The van der Waals surface area contributed by atoms with E-state index in [1.807, 2.05) is 53.3 Å². The molecule has 0 N–H and O–H groups in total. The summed E-state index contributed by atoms with van der Waals surface area (Å²) in [7, 11) is 1.63. The SMILES string of the molecule is COc1cccc(-n2cc(-c3nn(C4CCCCO4)c4ccc(-c5cccnc5F)cc34)nn2)c1. The molecule has 1 atom stereocenters. The summed E-state index contributed by atoms with van der Waals surface area (Å²) in [5.41, 5.74) is 4.14. The van der Waals surface area contributed by atoms with Crippen LogP contribution in [0.1, 0.15) is 25.5 Å². The van der Waals surface area contributed by atoms with E-state index in [-0.39, 0.29) is 6.23 Å². The van der Waals surface area contributed by atoms with Crippen LogP contribution < -0.4 is 4.74 Å². The van der Waals surface area contributed by atoms with Gasteiger partial charge in [0.15, 0.2) is 6.23 Å². The maximum atomic E-state index is 14.5. The molecular formula is C26H23FN6O2. The summed E-state index contributed by atoms with van der Waals surface area (Å²) < 4.78 is 29.4. The lowest BCUT2D eigenvalue weighted by molar-refractivity contribution is -0.0365. The highest BCUT2D eigenvalue weighted by molar-refractivity contribution is 5.95. The third-order valence-corrected chi connectivity index (χ3v) is 6.26. The van der Waals surface area contributed by atoms with E-state index in [4.69, 9.17) is 14.6 Å². The van der Waals surface area contributed by atoms with Gasteiger partial charge in [-0.15, -0.1) is 5.10 Å². The molecule has 0 amide bonds. The largest absolute Gasteiger partial charge is 0.497 e. The van der Waals surface area contributed by atoms with Crippen LogP contribution in [0.5, 0.6) is 5.75 Å².